The first kappa shape index (κ1) is 11.8. The third-order valence-electron chi connectivity index (χ3n) is 1.70. The van der Waals surface area contributed by atoms with Crippen molar-refractivity contribution >= 4 is 7.28 Å². The van der Waals surface area contributed by atoms with Gasteiger partial charge in [-0.25, -0.2) is 0 Å². The van der Waals surface area contributed by atoms with Crippen molar-refractivity contribution in [3.63, 3.8) is 0 Å². The van der Waals surface area contributed by atoms with Crippen LogP contribution in [0.5, 0.6) is 0 Å². The summed E-state index contributed by atoms with van der Waals surface area (Å²) in [6.45, 7) is 11.7. The minimum Gasteiger partial charge on any atom is -0.105 e. The molecule has 0 N–H and O–H groups in total. The van der Waals surface area contributed by atoms with Crippen LogP contribution in [0, 0.1) is 0 Å². The van der Waals surface area contributed by atoms with Crippen LogP contribution in [0.4, 0.5) is 0 Å². The van der Waals surface area contributed by atoms with Crippen LogP contribution in [0.15, 0.2) is 60.6 Å². The van der Waals surface area contributed by atoms with Gasteiger partial charge in [0.1, 0.15) is 0 Å². The average molecular weight is 172 g/mol. The highest BCUT2D eigenvalue weighted by Gasteiger charge is 1.94. The molecular formula is C12H17B. The van der Waals surface area contributed by atoms with E-state index < -0.39 is 0 Å². The van der Waals surface area contributed by atoms with Gasteiger partial charge in [0.05, 0.1) is 0 Å². The molecular weight excluding hydrogens is 155 g/mol. The predicted octanol–water partition coefficient (Wildman–Crippen LogP) is 3.16. The van der Waals surface area contributed by atoms with Crippen molar-refractivity contribution < 1.29 is 0 Å². The van der Waals surface area contributed by atoms with Crippen LogP contribution in [0.1, 0.15) is 13.8 Å². The Morgan fingerprint density at radius 1 is 1.23 bits per heavy atom. The topological polar surface area (TPSA) is 0 Å². The lowest BCUT2D eigenvalue weighted by Gasteiger charge is -1.97. The van der Waals surface area contributed by atoms with Crippen LogP contribution in [0.25, 0.3) is 0 Å². The Hall–Kier alpha value is -1.24. The highest BCUT2D eigenvalue weighted by molar-refractivity contribution is 6.55. The third kappa shape index (κ3) is 5.97. The van der Waals surface area contributed by atoms with Gasteiger partial charge in [-0.2, -0.15) is 0 Å². The fourth-order valence-corrected chi connectivity index (χ4v) is 0.916. The van der Waals surface area contributed by atoms with E-state index in [1.165, 1.54) is 5.47 Å². The summed E-state index contributed by atoms with van der Waals surface area (Å²) in [5.74, 6) is 0. The molecule has 0 aliphatic rings. The Morgan fingerprint density at radius 2 is 1.92 bits per heavy atom. The molecule has 0 heterocycles. The average Bonchev–Trinajstić information content (AvgIpc) is 2.14. The van der Waals surface area contributed by atoms with Crippen molar-refractivity contribution in [2.24, 2.45) is 0 Å². The second kappa shape index (κ2) is 7.42. The summed E-state index contributed by atoms with van der Waals surface area (Å²) in [5, 5.41) is 0. The number of rotatable bonds is 5. The first-order valence-corrected chi connectivity index (χ1v) is 4.49. The zero-order valence-corrected chi connectivity index (χ0v) is 8.59. The van der Waals surface area contributed by atoms with Crippen molar-refractivity contribution in [2.45, 2.75) is 13.8 Å². The Bertz CT molecular complexity index is 254. The molecule has 0 unspecified atom stereocenters. The fraction of sp³-hybridized carbons (Fsp3) is 0.167. The summed E-state index contributed by atoms with van der Waals surface area (Å²) in [6, 6.07) is 0. The number of hydrogen-bond acceptors (Lipinski definition) is 0. The molecule has 0 aromatic rings. The first-order chi connectivity index (χ1) is 6.24. The van der Waals surface area contributed by atoms with E-state index in [1.54, 1.807) is 0 Å². The van der Waals surface area contributed by atoms with Gasteiger partial charge < -0.3 is 0 Å². The largest absolute Gasteiger partial charge is 0.190 e. The quantitative estimate of drug-likeness (QED) is 0.441. The Kier molecular flexibility index (Phi) is 6.71. The smallest absolute Gasteiger partial charge is 0.105 e. The molecule has 0 spiro atoms. The molecule has 0 bridgehead atoms. The normalized spacial score (nSPS) is 12.3. The van der Waals surface area contributed by atoms with Crippen LogP contribution >= 0.6 is 0 Å². The minimum absolute atomic E-state index is 0.883. The first-order valence-electron chi connectivity index (χ1n) is 4.49. The van der Waals surface area contributed by atoms with E-state index in [1.807, 2.05) is 44.2 Å². The molecule has 0 radical (unpaired) electrons. The highest BCUT2D eigenvalue weighted by Crippen LogP contribution is 2.00. The fourth-order valence-electron chi connectivity index (χ4n) is 0.916. The van der Waals surface area contributed by atoms with Crippen LogP contribution < -0.4 is 0 Å². The predicted molar refractivity (Wildman–Crippen MR) is 64.2 cm³/mol. The summed E-state index contributed by atoms with van der Waals surface area (Å²) in [4.78, 5) is 0. The van der Waals surface area contributed by atoms with Gasteiger partial charge in [-0.3, -0.25) is 0 Å². The van der Waals surface area contributed by atoms with Gasteiger partial charge >= 0.3 is 0 Å². The molecule has 0 saturated carbocycles. The van der Waals surface area contributed by atoms with Crippen LogP contribution in [-0.4, -0.2) is 7.28 Å². The van der Waals surface area contributed by atoms with Gasteiger partial charge in [0.15, 0.2) is 7.28 Å². The minimum atomic E-state index is 0.883. The van der Waals surface area contributed by atoms with Crippen LogP contribution in [0.3, 0.4) is 0 Å². The van der Waals surface area contributed by atoms with Gasteiger partial charge in [0.2, 0.25) is 0 Å². The summed E-state index contributed by atoms with van der Waals surface area (Å²) in [6.07, 6.45) is 11.9. The van der Waals surface area contributed by atoms with Crippen molar-refractivity contribution in [2.75, 3.05) is 0 Å². The number of hydrogen-bond donors (Lipinski definition) is 0. The second-order valence-electron chi connectivity index (χ2n) is 2.79. The molecule has 68 valence electrons. The van der Waals surface area contributed by atoms with Gasteiger partial charge in [0, 0.05) is 0 Å². The highest BCUT2D eigenvalue weighted by atomic mass is 13.8. The van der Waals surface area contributed by atoms with Crippen molar-refractivity contribution in [1.82, 2.24) is 0 Å². The Labute approximate surface area is 82.3 Å². The third-order valence-corrected chi connectivity index (χ3v) is 1.70. The van der Waals surface area contributed by atoms with Crippen molar-refractivity contribution in [1.29, 1.82) is 0 Å². The van der Waals surface area contributed by atoms with E-state index in [9.17, 15) is 0 Å². The molecule has 1 heteroatoms. The van der Waals surface area contributed by atoms with Crippen molar-refractivity contribution in [3.05, 3.63) is 60.6 Å². The monoisotopic (exact) mass is 172 g/mol. The van der Waals surface area contributed by atoms with E-state index >= 15 is 0 Å². The van der Waals surface area contributed by atoms with E-state index in [2.05, 4.69) is 19.2 Å². The molecule has 0 aromatic heterocycles. The lowest BCUT2D eigenvalue weighted by atomic mass is 9.63. The molecule has 0 rings (SSSR count). The van der Waals surface area contributed by atoms with E-state index in [4.69, 9.17) is 0 Å². The second-order valence-corrected chi connectivity index (χ2v) is 2.79. The molecule has 0 saturated heterocycles. The van der Waals surface area contributed by atoms with Gasteiger partial charge in [0.25, 0.3) is 0 Å². The molecule has 0 aliphatic heterocycles. The SMILES string of the molecule is C=C/C(BC(=C)/C=C\C=C/C)=C\C. The van der Waals surface area contributed by atoms with Gasteiger partial charge in [-0.15, -0.1) is 6.58 Å². The van der Waals surface area contributed by atoms with E-state index in [0.717, 1.165) is 12.8 Å². The molecule has 0 amide bonds. The zero-order chi connectivity index (χ0) is 10.1. The molecule has 0 atom stereocenters. The molecule has 0 aromatic carbocycles. The molecule has 13 heavy (non-hydrogen) atoms. The lowest BCUT2D eigenvalue weighted by molar-refractivity contribution is 1.68. The maximum atomic E-state index is 3.95. The molecule has 0 aliphatic carbocycles. The maximum Gasteiger partial charge on any atom is 0.190 e. The Balaban J connectivity index is 4.08. The van der Waals surface area contributed by atoms with Crippen LogP contribution in [0.2, 0.25) is 0 Å². The van der Waals surface area contributed by atoms with Gasteiger partial charge in [-0.05, 0) is 13.8 Å². The van der Waals surface area contributed by atoms with Gasteiger partial charge in [-0.1, -0.05) is 54.0 Å². The Morgan fingerprint density at radius 3 is 2.38 bits per heavy atom. The number of allylic oxidation sites excluding steroid dienone is 8. The zero-order valence-electron chi connectivity index (χ0n) is 8.59. The summed E-state index contributed by atoms with van der Waals surface area (Å²) >= 11 is 0. The summed E-state index contributed by atoms with van der Waals surface area (Å²) in [5.41, 5.74) is 2.32. The summed E-state index contributed by atoms with van der Waals surface area (Å²) < 4.78 is 0. The summed E-state index contributed by atoms with van der Waals surface area (Å²) in [7, 11) is 0.883. The standard InChI is InChI=1S/C12H17B/c1-5-8-9-10-11(4)13-12(6-2)7-3/h5-10,13H,2,4H2,1,3H3/b8-5-,10-9-,12-7+. The van der Waals surface area contributed by atoms with Crippen molar-refractivity contribution in [3.8, 4) is 0 Å². The molecule has 0 fully saturated rings. The van der Waals surface area contributed by atoms with E-state index in [0.29, 0.717) is 0 Å². The van der Waals surface area contributed by atoms with E-state index in [-0.39, 0.29) is 0 Å². The lowest BCUT2D eigenvalue weighted by Crippen LogP contribution is -1.94. The maximum absolute atomic E-state index is 3.95. The molecule has 0 nitrogen and oxygen atoms in total. The van der Waals surface area contributed by atoms with Crippen LogP contribution in [-0.2, 0) is 0 Å².